The molecule has 0 saturated heterocycles. The van der Waals surface area contributed by atoms with Gasteiger partial charge in [0.05, 0.1) is 26.4 Å². The number of amides is 1. The summed E-state index contributed by atoms with van der Waals surface area (Å²) in [5.74, 6) is 1.75. The Morgan fingerprint density at radius 3 is 2.49 bits per heavy atom. The molecule has 0 saturated carbocycles. The fraction of sp³-hybridized carbons (Fsp3) is 0.250. The molecule has 0 fully saturated rings. The highest BCUT2D eigenvalue weighted by Crippen LogP contribution is 2.40. The van der Waals surface area contributed by atoms with E-state index < -0.39 is 0 Å². The molecule has 0 aliphatic carbocycles. The quantitative estimate of drug-likeness (QED) is 0.296. The molecule has 6 nitrogen and oxygen atoms in total. The Hall–Kier alpha value is -3.64. The summed E-state index contributed by atoms with van der Waals surface area (Å²) in [6.45, 7) is 0.410. The van der Waals surface area contributed by atoms with E-state index in [4.69, 9.17) is 25.8 Å². The summed E-state index contributed by atoms with van der Waals surface area (Å²) in [5.41, 5.74) is 4.04. The van der Waals surface area contributed by atoms with Crippen molar-refractivity contribution >= 4 is 28.4 Å². The third-order valence-corrected chi connectivity index (χ3v) is 6.46. The van der Waals surface area contributed by atoms with Crippen molar-refractivity contribution in [2.45, 2.75) is 18.8 Å². The Morgan fingerprint density at radius 2 is 1.74 bits per heavy atom. The lowest BCUT2D eigenvalue weighted by molar-refractivity contribution is -0.121. The molecule has 1 unspecified atom stereocenters. The molecule has 0 bridgehead atoms. The molecule has 0 aliphatic heterocycles. The van der Waals surface area contributed by atoms with Crippen LogP contribution in [0.1, 0.15) is 29.0 Å². The number of nitrogens with one attached hydrogen (secondary N) is 2. The van der Waals surface area contributed by atoms with Gasteiger partial charge in [0.15, 0.2) is 11.5 Å². The number of benzene rings is 3. The van der Waals surface area contributed by atoms with Crippen LogP contribution in [0.3, 0.4) is 0 Å². The van der Waals surface area contributed by atoms with Crippen LogP contribution >= 0.6 is 11.6 Å². The van der Waals surface area contributed by atoms with Crippen molar-refractivity contribution in [3.05, 3.63) is 88.6 Å². The van der Waals surface area contributed by atoms with E-state index in [-0.39, 0.29) is 11.8 Å². The number of methoxy groups -OCH3 is 3. The molecule has 35 heavy (non-hydrogen) atoms. The lowest BCUT2D eigenvalue weighted by Gasteiger charge is -2.22. The van der Waals surface area contributed by atoms with Crippen LogP contribution in [0.25, 0.3) is 10.9 Å². The van der Waals surface area contributed by atoms with E-state index in [1.165, 1.54) is 0 Å². The first-order chi connectivity index (χ1) is 17.0. The lowest BCUT2D eigenvalue weighted by atomic mass is 9.89. The summed E-state index contributed by atoms with van der Waals surface area (Å²) in [7, 11) is 4.83. The Balaban J connectivity index is 1.56. The van der Waals surface area contributed by atoms with Gasteiger partial charge in [-0.15, -0.1) is 0 Å². The first-order valence-corrected chi connectivity index (χ1v) is 11.8. The highest BCUT2D eigenvalue weighted by atomic mass is 35.5. The second kappa shape index (κ2) is 11.2. The van der Waals surface area contributed by atoms with Gasteiger partial charge >= 0.3 is 0 Å². The molecule has 0 spiro atoms. The third-order valence-electron chi connectivity index (χ3n) is 6.17. The average Bonchev–Trinajstić information content (AvgIpc) is 3.31. The predicted octanol–water partition coefficient (Wildman–Crippen LogP) is 5.73. The highest BCUT2D eigenvalue weighted by Gasteiger charge is 2.24. The molecule has 1 heterocycles. The first-order valence-electron chi connectivity index (χ1n) is 11.4. The number of aryl methyl sites for hydroxylation is 1. The average molecular weight is 493 g/mol. The summed E-state index contributed by atoms with van der Waals surface area (Å²) in [4.78, 5) is 16.2. The van der Waals surface area contributed by atoms with Crippen LogP contribution < -0.4 is 19.5 Å². The maximum atomic E-state index is 12.8. The van der Waals surface area contributed by atoms with Crippen molar-refractivity contribution in [2.75, 3.05) is 27.9 Å². The van der Waals surface area contributed by atoms with Crippen molar-refractivity contribution in [3.8, 4) is 17.2 Å². The fourth-order valence-corrected chi connectivity index (χ4v) is 4.66. The summed E-state index contributed by atoms with van der Waals surface area (Å²) in [5, 5.41) is 4.76. The van der Waals surface area contributed by atoms with Gasteiger partial charge in [-0.05, 0) is 41.8 Å². The maximum absolute atomic E-state index is 12.8. The van der Waals surface area contributed by atoms with Gasteiger partial charge in [-0.3, -0.25) is 4.79 Å². The smallest absolute Gasteiger partial charge is 0.220 e. The van der Waals surface area contributed by atoms with Gasteiger partial charge < -0.3 is 24.5 Å². The van der Waals surface area contributed by atoms with Gasteiger partial charge in [0.1, 0.15) is 5.75 Å². The van der Waals surface area contributed by atoms with Crippen molar-refractivity contribution < 1.29 is 19.0 Å². The molecule has 2 N–H and O–H groups in total. The number of para-hydroxylation sites is 2. The lowest BCUT2D eigenvalue weighted by Crippen LogP contribution is -2.29. The molecule has 1 atom stereocenters. The van der Waals surface area contributed by atoms with Crippen molar-refractivity contribution in [2.24, 2.45) is 0 Å². The number of rotatable bonds is 10. The standard InChI is InChI=1S/C28H29ClN2O4/c1-33-25-13-11-18(15-23(25)29)12-14-27(32)31-17-22(20-8-6-10-26(34-2)28(20)35-3)21-16-30-24-9-5-4-7-19(21)24/h4-11,13,15-16,22,30H,12,14,17H2,1-3H3,(H,31,32). The number of carbonyl (C=O) groups is 1. The zero-order valence-electron chi connectivity index (χ0n) is 20.1. The molecule has 0 aliphatic rings. The number of fused-ring (bicyclic) bond motifs is 1. The van der Waals surface area contributed by atoms with Crippen LogP contribution in [-0.4, -0.2) is 38.8 Å². The normalized spacial score (nSPS) is 11.8. The number of hydrogen-bond acceptors (Lipinski definition) is 4. The Bertz CT molecular complexity index is 1320. The van der Waals surface area contributed by atoms with Gasteiger partial charge in [0.25, 0.3) is 0 Å². The Kier molecular flexibility index (Phi) is 7.83. The SMILES string of the molecule is COc1ccc(CCC(=O)NCC(c2cccc(OC)c2OC)c2c[nH]c3ccccc23)cc1Cl. The van der Waals surface area contributed by atoms with Crippen LogP contribution in [0.5, 0.6) is 17.2 Å². The molecule has 4 rings (SSSR count). The van der Waals surface area contributed by atoms with E-state index in [0.29, 0.717) is 41.7 Å². The second-order valence-electron chi connectivity index (χ2n) is 8.20. The number of hydrogen-bond donors (Lipinski definition) is 2. The van der Waals surface area contributed by atoms with Gasteiger partial charge in [-0.25, -0.2) is 0 Å². The fourth-order valence-electron chi connectivity index (χ4n) is 4.38. The van der Waals surface area contributed by atoms with Gasteiger partial charge in [-0.2, -0.15) is 0 Å². The number of aromatic amines is 1. The van der Waals surface area contributed by atoms with E-state index in [1.54, 1.807) is 21.3 Å². The zero-order chi connectivity index (χ0) is 24.8. The molecule has 3 aromatic carbocycles. The van der Waals surface area contributed by atoms with Crippen molar-refractivity contribution in [1.29, 1.82) is 0 Å². The topological polar surface area (TPSA) is 72.6 Å². The Labute approximate surface area is 210 Å². The third kappa shape index (κ3) is 5.38. The molecule has 1 aromatic heterocycles. The number of halogens is 1. The van der Waals surface area contributed by atoms with Gasteiger partial charge in [0.2, 0.25) is 5.91 Å². The number of aromatic nitrogens is 1. The summed E-state index contributed by atoms with van der Waals surface area (Å²) < 4.78 is 16.5. The Morgan fingerprint density at radius 1 is 0.943 bits per heavy atom. The summed E-state index contributed by atoms with van der Waals surface area (Å²) >= 11 is 6.22. The molecule has 4 aromatic rings. The minimum Gasteiger partial charge on any atom is -0.495 e. The van der Waals surface area contributed by atoms with Crippen LogP contribution in [0, 0.1) is 0 Å². The van der Waals surface area contributed by atoms with E-state index >= 15 is 0 Å². The van der Waals surface area contributed by atoms with Crippen molar-refractivity contribution in [1.82, 2.24) is 10.3 Å². The summed E-state index contributed by atoms with van der Waals surface area (Å²) in [6.07, 6.45) is 2.92. The number of ether oxygens (including phenoxy) is 3. The maximum Gasteiger partial charge on any atom is 0.220 e. The van der Waals surface area contributed by atoms with E-state index in [2.05, 4.69) is 16.4 Å². The molecular formula is C28H29ClN2O4. The number of H-pyrrole nitrogens is 1. The van der Waals surface area contributed by atoms with E-state index in [9.17, 15) is 4.79 Å². The number of carbonyl (C=O) groups excluding carboxylic acids is 1. The monoisotopic (exact) mass is 492 g/mol. The highest BCUT2D eigenvalue weighted by molar-refractivity contribution is 6.32. The van der Waals surface area contributed by atoms with Crippen molar-refractivity contribution in [3.63, 3.8) is 0 Å². The van der Waals surface area contributed by atoms with Crippen LogP contribution in [0.4, 0.5) is 0 Å². The van der Waals surface area contributed by atoms with Gasteiger partial charge in [-0.1, -0.05) is 48.0 Å². The molecular weight excluding hydrogens is 464 g/mol. The van der Waals surface area contributed by atoms with Crippen LogP contribution in [0.15, 0.2) is 66.9 Å². The second-order valence-corrected chi connectivity index (χ2v) is 8.61. The van der Waals surface area contributed by atoms with Crippen LogP contribution in [0.2, 0.25) is 5.02 Å². The first kappa shape index (κ1) is 24.5. The van der Waals surface area contributed by atoms with E-state index in [0.717, 1.165) is 27.6 Å². The summed E-state index contributed by atoms with van der Waals surface area (Å²) in [6, 6.07) is 19.5. The molecule has 182 valence electrons. The van der Waals surface area contributed by atoms with Gasteiger partial charge in [0, 0.05) is 41.5 Å². The van der Waals surface area contributed by atoms with E-state index in [1.807, 2.05) is 60.8 Å². The zero-order valence-corrected chi connectivity index (χ0v) is 20.8. The predicted molar refractivity (Wildman–Crippen MR) is 139 cm³/mol. The molecule has 7 heteroatoms. The molecule has 1 amide bonds. The minimum atomic E-state index is -0.143. The minimum absolute atomic E-state index is 0.0383. The largest absolute Gasteiger partial charge is 0.495 e. The molecule has 0 radical (unpaired) electrons. The van der Waals surface area contributed by atoms with Crippen LogP contribution in [-0.2, 0) is 11.2 Å².